The largest absolute Gasteiger partial charge is 0.506 e. The van der Waals surface area contributed by atoms with Crippen LogP contribution in [0.1, 0.15) is 30.1 Å². The van der Waals surface area contributed by atoms with Crippen LogP contribution in [-0.4, -0.2) is 28.4 Å². The average molecular weight is 634 g/mol. The van der Waals surface area contributed by atoms with Gasteiger partial charge in [0, 0.05) is 21.8 Å². The lowest BCUT2D eigenvalue weighted by Gasteiger charge is -2.29. The van der Waals surface area contributed by atoms with Gasteiger partial charge < -0.3 is 14.6 Å². The number of aromatic hydroxyl groups is 1. The first-order chi connectivity index (χ1) is 17.8. The van der Waals surface area contributed by atoms with E-state index >= 15 is 0 Å². The maximum Gasteiger partial charge on any atom is 0.412 e. The van der Waals surface area contributed by atoms with Crippen LogP contribution >= 0.6 is 31.9 Å². The van der Waals surface area contributed by atoms with Crippen molar-refractivity contribution in [2.75, 3.05) is 5.32 Å². The van der Waals surface area contributed by atoms with Crippen molar-refractivity contribution in [3.63, 3.8) is 0 Å². The molecule has 8 nitrogen and oxygen atoms in total. The minimum absolute atomic E-state index is 0.104. The summed E-state index contributed by atoms with van der Waals surface area (Å²) in [4.78, 5) is 24.4. The van der Waals surface area contributed by atoms with Gasteiger partial charge >= 0.3 is 6.09 Å². The van der Waals surface area contributed by atoms with E-state index in [4.69, 9.17) is 14.7 Å². The highest BCUT2D eigenvalue weighted by Gasteiger charge is 2.32. The van der Waals surface area contributed by atoms with E-state index in [-0.39, 0.29) is 5.75 Å². The summed E-state index contributed by atoms with van der Waals surface area (Å²) in [5, 5.41) is 22.3. The fourth-order valence-electron chi connectivity index (χ4n) is 3.48. The number of aryl methyl sites for hydroxylation is 1. The maximum atomic E-state index is 13.0. The van der Waals surface area contributed by atoms with Crippen molar-refractivity contribution in [3.05, 3.63) is 99.0 Å². The molecule has 0 radical (unpaired) electrons. The van der Waals surface area contributed by atoms with Gasteiger partial charge in [0.15, 0.2) is 6.10 Å². The van der Waals surface area contributed by atoms with E-state index in [1.54, 1.807) is 42.5 Å². The van der Waals surface area contributed by atoms with E-state index in [1.807, 2.05) is 37.3 Å². The van der Waals surface area contributed by atoms with Crippen molar-refractivity contribution >= 4 is 49.5 Å². The summed E-state index contributed by atoms with van der Waals surface area (Å²) in [6.07, 6.45) is 0.858. The number of amides is 2. The van der Waals surface area contributed by atoms with Gasteiger partial charge in [-0.2, -0.15) is 0 Å². The predicted octanol–water partition coefficient (Wildman–Crippen LogP) is 6.80. The van der Waals surface area contributed by atoms with E-state index in [1.165, 1.54) is 11.6 Å². The number of carbonyl (C=O) groups excluding carboxylic acids is 2. The number of hydrogen-bond acceptors (Lipinski definition) is 6. The number of carbonyl (C=O) groups is 2. The third-order valence-corrected chi connectivity index (χ3v) is 6.32. The molecule has 0 saturated heterocycles. The minimum atomic E-state index is -1.04. The van der Waals surface area contributed by atoms with Crippen molar-refractivity contribution in [2.24, 2.45) is 0 Å². The van der Waals surface area contributed by atoms with Gasteiger partial charge in [-0.05, 0) is 72.1 Å². The number of phenols is 1. The van der Waals surface area contributed by atoms with Crippen LogP contribution in [0.4, 0.5) is 10.5 Å². The summed E-state index contributed by atoms with van der Waals surface area (Å²) in [7, 11) is 0. The van der Waals surface area contributed by atoms with Crippen LogP contribution in [0.25, 0.3) is 0 Å². The topological polar surface area (TPSA) is 117 Å². The summed E-state index contributed by atoms with van der Waals surface area (Å²) in [6.45, 7) is 1.94. The number of para-hydroxylation sites is 1. The lowest BCUT2D eigenvalue weighted by atomic mass is 9.99. The zero-order valence-corrected chi connectivity index (χ0v) is 23.0. The van der Waals surface area contributed by atoms with E-state index in [0.29, 0.717) is 38.8 Å². The van der Waals surface area contributed by atoms with Crippen molar-refractivity contribution in [2.45, 2.75) is 32.0 Å². The molecule has 3 aromatic carbocycles. The first-order valence-electron chi connectivity index (χ1n) is 11.3. The molecule has 2 amide bonds. The molecule has 0 aliphatic heterocycles. The number of allylic oxidation sites excluding steroid dienone is 1. The number of ether oxygens (including phenoxy) is 2. The van der Waals surface area contributed by atoms with E-state index in [0.717, 1.165) is 5.56 Å². The Kier molecular flexibility index (Phi) is 10.6. The normalized spacial score (nSPS) is 12.5. The van der Waals surface area contributed by atoms with E-state index < -0.39 is 24.2 Å². The molecule has 10 heteroatoms. The second-order valence-corrected chi connectivity index (χ2v) is 9.84. The number of halogens is 2. The highest BCUT2D eigenvalue weighted by molar-refractivity contribution is 9.11. The molecule has 0 aromatic heterocycles. The van der Waals surface area contributed by atoms with Gasteiger partial charge in [0.25, 0.3) is 5.91 Å². The van der Waals surface area contributed by atoms with Crippen molar-refractivity contribution in [1.29, 1.82) is 0 Å². The van der Waals surface area contributed by atoms with Crippen molar-refractivity contribution in [1.82, 2.24) is 5.48 Å². The summed E-state index contributed by atoms with van der Waals surface area (Å²) in [6, 6.07) is 19.6. The molecular formula is C27H26Br2N2O6. The molecule has 0 bridgehead atoms. The number of hydrogen-bond donors (Lipinski definition) is 4. The molecule has 2 atom stereocenters. The Bertz CT molecular complexity index is 1240. The third kappa shape index (κ3) is 8.63. The third-order valence-electron chi connectivity index (χ3n) is 5.26. The molecular weight excluding hydrogens is 608 g/mol. The Labute approximate surface area is 231 Å². The number of rotatable bonds is 10. The number of hydroxylamine groups is 1. The van der Waals surface area contributed by atoms with Gasteiger partial charge in [-0.3, -0.25) is 15.3 Å². The van der Waals surface area contributed by atoms with Crippen LogP contribution in [-0.2, 0) is 9.53 Å². The lowest BCUT2D eigenvalue weighted by Crippen LogP contribution is -2.31. The molecule has 0 aliphatic carbocycles. The number of phenolic OH excluding ortho intramolecular Hbond substituents is 1. The van der Waals surface area contributed by atoms with Crippen LogP contribution in [0.3, 0.4) is 0 Å². The number of anilines is 1. The highest BCUT2D eigenvalue weighted by Crippen LogP contribution is 2.40. The van der Waals surface area contributed by atoms with Gasteiger partial charge in [-0.15, -0.1) is 0 Å². The fraction of sp³-hybridized carbons (Fsp3) is 0.185. The highest BCUT2D eigenvalue weighted by atomic mass is 79.9. The zero-order valence-electron chi connectivity index (χ0n) is 19.9. The Morgan fingerprint density at radius 2 is 1.76 bits per heavy atom. The number of nitrogens with one attached hydrogen (secondary N) is 2. The van der Waals surface area contributed by atoms with Crippen LogP contribution in [0.15, 0.2) is 87.8 Å². The molecule has 0 spiro atoms. The minimum Gasteiger partial charge on any atom is -0.506 e. The lowest BCUT2D eigenvalue weighted by molar-refractivity contribution is -0.124. The molecule has 3 aromatic rings. The van der Waals surface area contributed by atoms with Crippen LogP contribution in [0, 0.1) is 6.92 Å². The van der Waals surface area contributed by atoms with E-state index in [2.05, 4.69) is 37.2 Å². The van der Waals surface area contributed by atoms with Gasteiger partial charge in [-0.25, -0.2) is 10.3 Å². The SMILES string of the molecule is Cc1ccc(NC(=O)O[C@H](c2cc(Br)cc(Br)c2O)[C@@H](CC/C=C/C(=O)NO)Oc2ccccc2)cc1. The molecule has 0 saturated carbocycles. The van der Waals surface area contributed by atoms with Gasteiger partial charge in [0.2, 0.25) is 0 Å². The molecule has 4 N–H and O–H groups in total. The Morgan fingerprint density at radius 3 is 2.43 bits per heavy atom. The number of benzene rings is 3. The standard InChI is InChI=1S/C27H26Br2N2O6/c1-17-11-13-19(14-12-17)30-27(34)37-26(21-15-18(28)16-22(29)25(21)33)23(9-5-6-10-24(32)31-35)36-20-7-3-2-4-8-20/h2-4,6-8,10-16,23,26,33,35H,5,9H2,1H3,(H,30,34)(H,31,32)/b10-6+/t23-,26-/m1/s1. The Morgan fingerprint density at radius 1 is 1.05 bits per heavy atom. The molecule has 0 heterocycles. The quantitative estimate of drug-likeness (QED) is 0.111. The Hall–Kier alpha value is -3.34. The smallest absolute Gasteiger partial charge is 0.412 e. The maximum absolute atomic E-state index is 13.0. The summed E-state index contributed by atoms with van der Waals surface area (Å²) in [5.74, 6) is -0.238. The van der Waals surface area contributed by atoms with Gasteiger partial charge in [0.05, 0.1) is 4.47 Å². The van der Waals surface area contributed by atoms with Gasteiger partial charge in [-0.1, -0.05) is 57.9 Å². The molecule has 3 rings (SSSR count). The molecule has 37 heavy (non-hydrogen) atoms. The van der Waals surface area contributed by atoms with Crippen molar-refractivity contribution < 1.29 is 29.4 Å². The van der Waals surface area contributed by atoms with Crippen LogP contribution in [0.2, 0.25) is 0 Å². The molecule has 0 aliphatic rings. The Balaban J connectivity index is 1.95. The molecule has 0 unspecified atom stereocenters. The first kappa shape index (κ1) is 28.2. The summed E-state index contributed by atoms with van der Waals surface area (Å²) >= 11 is 6.77. The van der Waals surface area contributed by atoms with Gasteiger partial charge in [0.1, 0.15) is 17.6 Å². The van der Waals surface area contributed by atoms with Crippen LogP contribution in [0.5, 0.6) is 11.5 Å². The molecule has 0 fully saturated rings. The summed E-state index contributed by atoms with van der Waals surface area (Å²) in [5.41, 5.74) is 3.44. The van der Waals surface area contributed by atoms with E-state index in [9.17, 15) is 14.7 Å². The zero-order chi connectivity index (χ0) is 26.8. The monoisotopic (exact) mass is 632 g/mol. The second-order valence-electron chi connectivity index (χ2n) is 8.07. The second kappa shape index (κ2) is 13.8. The fourth-order valence-corrected chi connectivity index (χ4v) is 4.73. The average Bonchev–Trinajstić information content (AvgIpc) is 2.88. The van der Waals surface area contributed by atoms with Crippen LogP contribution < -0.4 is 15.5 Å². The predicted molar refractivity (Wildman–Crippen MR) is 147 cm³/mol. The molecule has 194 valence electrons. The summed E-state index contributed by atoms with van der Waals surface area (Å²) < 4.78 is 13.2. The first-order valence-corrected chi connectivity index (χ1v) is 12.9. The van der Waals surface area contributed by atoms with Crippen molar-refractivity contribution in [3.8, 4) is 11.5 Å².